The van der Waals surface area contributed by atoms with E-state index in [-0.39, 0.29) is 4.83 Å². The zero-order chi connectivity index (χ0) is 13.1. The predicted molar refractivity (Wildman–Crippen MR) is 72.6 cm³/mol. The van der Waals surface area contributed by atoms with E-state index in [0.717, 1.165) is 22.3 Å². The van der Waals surface area contributed by atoms with E-state index < -0.39 is 11.6 Å². The van der Waals surface area contributed by atoms with Gasteiger partial charge in [0.15, 0.2) is 11.6 Å². The molecule has 0 saturated carbocycles. The van der Waals surface area contributed by atoms with E-state index in [4.69, 9.17) is 4.74 Å². The molecular formula is C13H11BrF2OS. The Labute approximate surface area is 117 Å². The molecule has 1 aromatic heterocycles. The number of ether oxygens (including phenoxy) is 1. The van der Waals surface area contributed by atoms with Crippen LogP contribution >= 0.6 is 27.3 Å². The topological polar surface area (TPSA) is 9.23 Å². The summed E-state index contributed by atoms with van der Waals surface area (Å²) in [6, 6.07) is 5.85. The van der Waals surface area contributed by atoms with Gasteiger partial charge >= 0.3 is 0 Å². The van der Waals surface area contributed by atoms with Gasteiger partial charge in [-0.05, 0) is 35.6 Å². The molecule has 0 bridgehead atoms. The number of methoxy groups -OCH3 is 1. The molecule has 1 unspecified atom stereocenters. The molecule has 18 heavy (non-hydrogen) atoms. The molecule has 0 aliphatic carbocycles. The Morgan fingerprint density at radius 2 is 2.06 bits per heavy atom. The molecule has 5 heteroatoms. The molecule has 0 amide bonds. The minimum atomic E-state index is -0.821. The number of hydrogen-bond donors (Lipinski definition) is 0. The van der Waals surface area contributed by atoms with E-state index in [1.165, 1.54) is 6.07 Å². The zero-order valence-corrected chi connectivity index (χ0v) is 12.0. The third-order valence-corrected chi connectivity index (χ3v) is 4.66. The van der Waals surface area contributed by atoms with Gasteiger partial charge in [-0.2, -0.15) is 0 Å². The molecule has 0 aliphatic rings. The third kappa shape index (κ3) is 2.90. The maximum absolute atomic E-state index is 13.1. The standard InChI is InChI=1S/C13H11BrF2OS/c1-17-12-4-5-18-13(12)9(14)6-8-2-3-10(15)11(16)7-8/h2-5,7,9H,6H2,1H3. The van der Waals surface area contributed by atoms with Crippen molar-refractivity contribution in [1.82, 2.24) is 0 Å². The van der Waals surface area contributed by atoms with Crippen molar-refractivity contribution in [2.45, 2.75) is 11.2 Å². The second-order valence-corrected chi connectivity index (χ2v) is 5.83. The highest BCUT2D eigenvalue weighted by Crippen LogP contribution is 2.38. The molecule has 0 saturated heterocycles. The smallest absolute Gasteiger partial charge is 0.159 e. The van der Waals surface area contributed by atoms with Crippen LogP contribution in [0.2, 0.25) is 0 Å². The van der Waals surface area contributed by atoms with Crippen molar-refractivity contribution in [3.63, 3.8) is 0 Å². The van der Waals surface area contributed by atoms with Gasteiger partial charge < -0.3 is 4.74 Å². The van der Waals surface area contributed by atoms with Crippen LogP contribution in [0.15, 0.2) is 29.6 Å². The Morgan fingerprint density at radius 1 is 1.28 bits per heavy atom. The second kappa shape index (κ2) is 5.80. The number of alkyl halides is 1. The minimum Gasteiger partial charge on any atom is -0.496 e. The summed E-state index contributed by atoms with van der Waals surface area (Å²) in [5.41, 5.74) is 0.742. The van der Waals surface area contributed by atoms with Crippen LogP contribution in [0.5, 0.6) is 5.75 Å². The summed E-state index contributed by atoms with van der Waals surface area (Å²) in [6.07, 6.45) is 0.577. The molecule has 0 aliphatic heterocycles. The van der Waals surface area contributed by atoms with Gasteiger partial charge in [0.1, 0.15) is 5.75 Å². The van der Waals surface area contributed by atoms with Crippen molar-refractivity contribution < 1.29 is 13.5 Å². The summed E-state index contributed by atoms with van der Waals surface area (Å²) >= 11 is 5.12. The molecule has 96 valence electrons. The quantitative estimate of drug-likeness (QED) is 0.736. The highest BCUT2D eigenvalue weighted by molar-refractivity contribution is 9.09. The zero-order valence-electron chi connectivity index (χ0n) is 9.62. The lowest BCUT2D eigenvalue weighted by atomic mass is 10.1. The van der Waals surface area contributed by atoms with E-state index in [2.05, 4.69) is 15.9 Å². The van der Waals surface area contributed by atoms with Crippen LogP contribution in [0.25, 0.3) is 0 Å². The fourth-order valence-corrected chi connectivity index (χ4v) is 3.43. The van der Waals surface area contributed by atoms with Gasteiger partial charge in [0.2, 0.25) is 0 Å². The molecule has 0 spiro atoms. The van der Waals surface area contributed by atoms with E-state index in [9.17, 15) is 8.78 Å². The molecule has 2 aromatic rings. The Morgan fingerprint density at radius 3 is 2.72 bits per heavy atom. The van der Waals surface area contributed by atoms with Crippen molar-refractivity contribution in [1.29, 1.82) is 0 Å². The maximum atomic E-state index is 13.1. The summed E-state index contributed by atoms with van der Waals surface area (Å²) in [5.74, 6) is -0.826. The highest BCUT2D eigenvalue weighted by atomic mass is 79.9. The first-order valence-corrected chi connectivity index (χ1v) is 7.10. The van der Waals surface area contributed by atoms with Crippen LogP contribution in [-0.2, 0) is 6.42 Å². The first-order chi connectivity index (χ1) is 8.61. The maximum Gasteiger partial charge on any atom is 0.159 e. The van der Waals surface area contributed by atoms with Crippen molar-refractivity contribution in [2.24, 2.45) is 0 Å². The summed E-state index contributed by atoms with van der Waals surface area (Å²) in [4.78, 5) is 1.07. The van der Waals surface area contributed by atoms with Crippen LogP contribution in [0.1, 0.15) is 15.3 Å². The molecule has 1 atom stereocenters. The molecule has 1 heterocycles. The van der Waals surface area contributed by atoms with Gasteiger partial charge in [0.05, 0.1) is 16.8 Å². The fourth-order valence-electron chi connectivity index (χ4n) is 1.67. The first kappa shape index (κ1) is 13.5. The van der Waals surface area contributed by atoms with Crippen LogP contribution in [0.3, 0.4) is 0 Å². The molecule has 0 fully saturated rings. The Hall–Kier alpha value is -0.940. The average molecular weight is 333 g/mol. The summed E-state index contributed by atoms with van der Waals surface area (Å²) < 4.78 is 31.2. The van der Waals surface area contributed by atoms with Crippen LogP contribution in [0.4, 0.5) is 8.78 Å². The Kier molecular flexibility index (Phi) is 4.35. The van der Waals surface area contributed by atoms with Gasteiger partial charge in [0, 0.05) is 0 Å². The van der Waals surface area contributed by atoms with Crippen LogP contribution in [-0.4, -0.2) is 7.11 Å². The lowest BCUT2D eigenvalue weighted by molar-refractivity contribution is 0.412. The number of halogens is 3. The van der Waals surface area contributed by atoms with Gasteiger partial charge in [0.25, 0.3) is 0 Å². The lowest BCUT2D eigenvalue weighted by Gasteiger charge is -2.10. The molecule has 1 nitrogen and oxygen atoms in total. The molecule has 2 rings (SSSR count). The number of thiophene rings is 1. The lowest BCUT2D eigenvalue weighted by Crippen LogP contribution is -1.97. The summed E-state index contributed by atoms with van der Waals surface area (Å²) in [7, 11) is 1.61. The van der Waals surface area contributed by atoms with Gasteiger partial charge in [-0.1, -0.05) is 22.0 Å². The average Bonchev–Trinajstić information content (AvgIpc) is 2.82. The van der Waals surface area contributed by atoms with E-state index in [0.29, 0.717) is 6.42 Å². The Bertz CT molecular complexity index is 542. The number of benzene rings is 1. The number of hydrogen-bond acceptors (Lipinski definition) is 2. The Balaban J connectivity index is 2.16. The monoisotopic (exact) mass is 332 g/mol. The van der Waals surface area contributed by atoms with Crippen molar-refractivity contribution >= 4 is 27.3 Å². The molecule has 0 N–H and O–H groups in total. The fraction of sp³-hybridized carbons (Fsp3) is 0.231. The SMILES string of the molecule is COc1ccsc1C(Br)Cc1ccc(F)c(F)c1. The second-order valence-electron chi connectivity index (χ2n) is 3.77. The highest BCUT2D eigenvalue weighted by Gasteiger charge is 2.16. The molecular weight excluding hydrogens is 322 g/mol. The largest absolute Gasteiger partial charge is 0.496 e. The van der Waals surface area contributed by atoms with Crippen molar-refractivity contribution in [3.8, 4) is 5.75 Å². The first-order valence-electron chi connectivity index (χ1n) is 5.31. The van der Waals surface area contributed by atoms with Crippen LogP contribution < -0.4 is 4.74 Å². The molecule has 0 radical (unpaired) electrons. The van der Waals surface area contributed by atoms with Gasteiger partial charge in [-0.25, -0.2) is 8.78 Å². The third-order valence-electron chi connectivity index (χ3n) is 2.56. The predicted octanol–water partition coefficient (Wildman–Crippen LogP) is 4.71. The minimum absolute atomic E-state index is 0.0253. The van der Waals surface area contributed by atoms with Crippen LogP contribution in [0, 0.1) is 11.6 Å². The van der Waals surface area contributed by atoms with E-state index >= 15 is 0 Å². The van der Waals surface area contributed by atoms with Gasteiger partial charge in [-0.15, -0.1) is 11.3 Å². The normalized spacial score (nSPS) is 12.4. The van der Waals surface area contributed by atoms with Crippen molar-refractivity contribution in [2.75, 3.05) is 7.11 Å². The summed E-state index contributed by atoms with van der Waals surface area (Å²) in [5, 5.41) is 1.94. The summed E-state index contributed by atoms with van der Waals surface area (Å²) in [6.45, 7) is 0. The number of rotatable bonds is 4. The van der Waals surface area contributed by atoms with E-state index in [1.807, 2.05) is 11.4 Å². The van der Waals surface area contributed by atoms with Crippen molar-refractivity contribution in [3.05, 3.63) is 51.7 Å². The van der Waals surface area contributed by atoms with E-state index in [1.54, 1.807) is 24.5 Å². The molecule has 1 aromatic carbocycles. The van der Waals surface area contributed by atoms with Gasteiger partial charge in [-0.3, -0.25) is 0 Å².